The molecule has 1 aromatic carbocycles. The molecule has 30 heavy (non-hydrogen) atoms. The lowest BCUT2D eigenvalue weighted by atomic mass is 10.1. The molecule has 0 saturated carbocycles. The van der Waals surface area contributed by atoms with Crippen LogP contribution in [0.4, 0.5) is 0 Å². The Morgan fingerprint density at radius 3 is 2.80 bits per heavy atom. The van der Waals surface area contributed by atoms with E-state index in [-0.39, 0.29) is 24.5 Å². The van der Waals surface area contributed by atoms with Crippen molar-refractivity contribution in [3.05, 3.63) is 41.9 Å². The summed E-state index contributed by atoms with van der Waals surface area (Å²) in [5, 5.41) is 12.4. The van der Waals surface area contributed by atoms with Crippen LogP contribution in [0, 0.1) is 6.92 Å². The van der Waals surface area contributed by atoms with Gasteiger partial charge in [0.1, 0.15) is 5.75 Å². The number of benzene rings is 1. The number of piperidine rings is 1. The highest BCUT2D eigenvalue weighted by atomic mass is 16.5. The molecule has 1 aliphatic heterocycles. The molecule has 0 radical (unpaired) electrons. The second-order valence-corrected chi connectivity index (χ2v) is 7.91. The van der Waals surface area contributed by atoms with E-state index in [1.54, 1.807) is 0 Å². The highest BCUT2D eigenvalue weighted by molar-refractivity contribution is 5.77. The molecule has 3 heterocycles. The molecule has 0 atom stereocenters. The minimum atomic E-state index is 0.00121. The lowest BCUT2D eigenvalue weighted by Crippen LogP contribution is -2.41. The third-order valence-electron chi connectivity index (χ3n) is 5.23. The summed E-state index contributed by atoms with van der Waals surface area (Å²) >= 11 is 0. The molecule has 9 heteroatoms. The van der Waals surface area contributed by atoms with E-state index in [2.05, 4.69) is 20.5 Å². The zero-order valence-corrected chi connectivity index (χ0v) is 17.5. The van der Waals surface area contributed by atoms with E-state index in [1.807, 2.05) is 60.8 Å². The van der Waals surface area contributed by atoms with Gasteiger partial charge < -0.3 is 14.2 Å². The van der Waals surface area contributed by atoms with Gasteiger partial charge in [-0.1, -0.05) is 36.4 Å². The third kappa shape index (κ3) is 4.50. The number of carbonyl (C=O) groups is 1. The standard InChI is InChI=1S/C21H26N6O3/c1-14(2)20-22-21(30-24-20)18-12-27(25-23-18)16-7-9-26(10-8-16)19(28)13-29-17-6-4-5-15(3)11-17/h4-6,11-12,14,16H,7-10,13H2,1-3H3. The van der Waals surface area contributed by atoms with Crippen LogP contribution in [0.25, 0.3) is 11.6 Å². The van der Waals surface area contributed by atoms with E-state index >= 15 is 0 Å². The highest BCUT2D eigenvalue weighted by Crippen LogP contribution is 2.24. The van der Waals surface area contributed by atoms with E-state index in [4.69, 9.17) is 9.26 Å². The van der Waals surface area contributed by atoms with Gasteiger partial charge in [-0.3, -0.25) is 4.79 Å². The maximum atomic E-state index is 12.5. The Labute approximate surface area is 175 Å². The van der Waals surface area contributed by atoms with Crippen LogP contribution in [0.1, 0.15) is 50.0 Å². The topological polar surface area (TPSA) is 99.2 Å². The molecule has 3 aromatic rings. The minimum Gasteiger partial charge on any atom is -0.484 e. The summed E-state index contributed by atoms with van der Waals surface area (Å²) in [6, 6.07) is 7.89. The Morgan fingerprint density at radius 1 is 1.30 bits per heavy atom. The Hall–Kier alpha value is -3.23. The molecule has 0 N–H and O–H groups in total. The van der Waals surface area contributed by atoms with Crippen LogP contribution in [0.15, 0.2) is 35.0 Å². The molecule has 158 valence electrons. The van der Waals surface area contributed by atoms with E-state index in [1.165, 1.54) is 0 Å². The monoisotopic (exact) mass is 410 g/mol. The molecule has 9 nitrogen and oxygen atoms in total. The highest BCUT2D eigenvalue weighted by Gasteiger charge is 2.25. The number of hydrogen-bond donors (Lipinski definition) is 0. The summed E-state index contributed by atoms with van der Waals surface area (Å²) in [5.41, 5.74) is 1.67. The van der Waals surface area contributed by atoms with Crippen molar-refractivity contribution in [3.63, 3.8) is 0 Å². The van der Waals surface area contributed by atoms with Crippen LogP contribution in [0.3, 0.4) is 0 Å². The number of hydrogen-bond acceptors (Lipinski definition) is 7. The van der Waals surface area contributed by atoms with Gasteiger partial charge in [0.25, 0.3) is 11.8 Å². The molecular weight excluding hydrogens is 384 g/mol. The van der Waals surface area contributed by atoms with E-state index in [0.717, 1.165) is 24.2 Å². The minimum absolute atomic E-state index is 0.00121. The maximum absolute atomic E-state index is 12.5. The fourth-order valence-electron chi connectivity index (χ4n) is 3.45. The van der Waals surface area contributed by atoms with Crippen molar-refractivity contribution in [3.8, 4) is 17.3 Å². The van der Waals surface area contributed by atoms with Gasteiger partial charge in [0.2, 0.25) is 0 Å². The smallest absolute Gasteiger partial charge is 0.280 e. The zero-order chi connectivity index (χ0) is 21.1. The Kier molecular flexibility index (Phi) is 5.78. The number of ether oxygens (including phenoxy) is 1. The number of aryl methyl sites for hydroxylation is 1. The normalized spacial score (nSPS) is 15.0. The lowest BCUT2D eigenvalue weighted by Gasteiger charge is -2.31. The van der Waals surface area contributed by atoms with Crippen LogP contribution in [-0.2, 0) is 4.79 Å². The number of aromatic nitrogens is 5. The summed E-state index contributed by atoms with van der Waals surface area (Å²) in [7, 11) is 0. The van der Waals surface area contributed by atoms with Crippen LogP contribution < -0.4 is 4.74 Å². The molecular formula is C21H26N6O3. The SMILES string of the molecule is Cc1cccc(OCC(=O)N2CCC(n3cc(-c4nc(C(C)C)no4)nn3)CC2)c1. The summed E-state index contributed by atoms with van der Waals surface area (Å²) in [6.07, 6.45) is 3.45. The number of carbonyl (C=O) groups excluding carboxylic acids is 1. The summed E-state index contributed by atoms with van der Waals surface area (Å²) in [6.45, 7) is 7.38. The van der Waals surface area contributed by atoms with E-state index < -0.39 is 0 Å². The van der Waals surface area contributed by atoms with Crippen molar-refractivity contribution < 1.29 is 14.1 Å². The number of amides is 1. The Morgan fingerprint density at radius 2 is 2.10 bits per heavy atom. The van der Waals surface area contributed by atoms with Gasteiger partial charge in [-0.25, -0.2) is 4.68 Å². The molecule has 4 rings (SSSR count). The molecule has 2 aromatic heterocycles. The van der Waals surface area contributed by atoms with Crippen LogP contribution >= 0.6 is 0 Å². The van der Waals surface area contributed by atoms with Crippen molar-refractivity contribution in [2.75, 3.05) is 19.7 Å². The summed E-state index contributed by atoms with van der Waals surface area (Å²) < 4.78 is 12.8. The number of nitrogens with zero attached hydrogens (tertiary/aromatic N) is 6. The lowest BCUT2D eigenvalue weighted by molar-refractivity contribution is -0.134. The maximum Gasteiger partial charge on any atom is 0.280 e. The zero-order valence-electron chi connectivity index (χ0n) is 17.5. The van der Waals surface area contributed by atoms with Crippen molar-refractivity contribution in [2.24, 2.45) is 0 Å². The first-order valence-electron chi connectivity index (χ1n) is 10.2. The van der Waals surface area contributed by atoms with Crippen molar-refractivity contribution in [1.29, 1.82) is 0 Å². The first-order chi connectivity index (χ1) is 14.5. The molecule has 1 fully saturated rings. The number of likely N-dealkylation sites (tertiary alicyclic amines) is 1. The predicted octanol–water partition coefficient (Wildman–Crippen LogP) is 3.00. The quantitative estimate of drug-likeness (QED) is 0.616. The fourth-order valence-corrected chi connectivity index (χ4v) is 3.45. The molecule has 1 saturated heterocycles. The average Bonchev–Trinajstić information content (AvgIpc) is 3.42. The largest absolute Gasteiger partial charge is 0.484 e. The molecule has 0 unspecified atom stereocenters. The molecule has 0 bridgehead atoms. The predicted molar refractivity (Wildman–Crippen MR) is 109 cm³/mol. The van der Waals surface area contributed by atoms with Crippen molar-refractivity contribution in [1.82, 2.24) is 30.0 Å². The number of rotatable bonds is 6. The van der Waals surface area contributed by atoms with E-state index in [0.29, 0.717) is 30.5 Å². The first kappa shape index (κ1) is 20.1. The summed E-state index contributed by atoms with van der Waals surface area (Å²) in [4.78, 5) is 18.7. The molecule has 0 spiro atoms. The third-order valence-corrected chi connectivity index (χ3v) is 5.23. The second kappa shape index (κ2) is 8.64. The summed E-state index contributed by atoms with van der Waals surface area (Å²) in [5.74, 6) is 1.94. The van der Waals surface area contributed by atoms with Gasteiger partial charge in [0, 0.05) is 19.0 Å². The van der Waals surface area contributed by atoms with E-state index in [9.17, 15) is 4.79 Å². The van der Waals surface area contributed by atoms with Crippen molar-refractivity contribution >= 4 is 5.91 Å². The first-order valence-corrected chi connectivity index (χ1v) is 10.2. The Bertz CT molecular complexity index is 1000. The van der Waals surface area contributed by atoms with Gasteiger partial charge in [-0.15, -0.1) is 5.10 Å². The van der Waals surface area contributed by atoms with Gasteiger partial charge in [0.15, 0.2) is 18.1 Å². The van der Waals surface area contributed by atoms with Gasteiger partial charge >= 0.3 is 0 Å². The molecule has 1 amide bonds. The fraction of sp³-hybridized carbons (Fsp3) is 0.476. The van der Waals surface area contributed by atoms with Gasteiger partial charge in [-0.05, 0) is 37.5 Å². The van der Waals surface area contributed by atoms with Crippen LogP contribution in [-0.4, -0.2) is 55.6 Å². The van der Waals surface area contributed by atoms with Gasteiger partial charge in [0.05, 0.1) is 12.2 Å². The van der Waals surface area contributed by atoms with Crippen LogP contribution in [0.5, 0.6) is 5.75 Å². The average molecular weight is 410 g/mol. The van der Waals surface area contributed by atoms with Gasteiger partial charge in [-0.2, -0.15) is 4.98 Å². The van der Waals surface area contributed by atoms with Crippen LogP contribution in [0.2, 0.25) is 0 Å². The molecule has 0 aliphatic carbocycles. The van der Waals surface area contributed by atoms with Crippen molar-refractivity contribution in [2.45, 2.75) is 45.6 Å². The molecule has 1 aliphatic rings. The second-order valence-electron chi connectivity index (χ2n) is 7.91. The Balaban J connectivity index is 1.30.